The lowest BCUT2D eigenvalue weighted by Gasteiger charge is -2.02. The van der Waals surface area contributed by atoms with Crippen LogP contribution in [0.3, 0.4) is 0 Å². The molecule has 0 fully saturated rings. The summed E-state index contributed by atoms with van der Waals surface area (Å²) in [6, 6.07) is 11.3. The van der Waals surface area contributed by atoms with Crippen molar-refractivity contribution in [1.29, 1.82) is 0 Å². The number of hydrogen-bond donors (Lipinski definition) is 0. The molecule has 0 amide bonds. The zero-order chi connectivity index (χ0) is 11.8. The van der Waals surface area contributed by atoms with Gasteiger partial charge in [0.05, 0.1) is 11.7 Å². The molecule has 2 nitrogen and oxygen atoms in total. The molecule has 1 aromatic carbocycles. The Kier molecular flexibility index (Phi) is 2.54. The molecule has 17 heavy (non-hydrogen) atoms. The lowest BCUT2D eigenvalue weighted by molar-refractivity contribution is 1.16. The summed E-state index contributed by atoms with van der Waals surface area (Å²) in [6.45, 7) is 0. The Bertz CT molecular complexity index is 689. The van der Waals surface area contributed by atoms with Gasteiger partial charge in [-0.05, 0) is 24.3 Å². The molecule has 0 radical (unpaired) electrons. The second-order valence-electron chi connectivity index (χ2n) is 3.73. The van der Waals surface area contributed by atoms with E-state index in [9.17, 15) is 0 Å². The molecule has 4 heteroatoms. The quantitative estimate of drug-likeness (QED) is 0.639. The minimum absolute atomic E-state index is 0.702. The molecule has 0 spiro atoms. The van der Waals surface area contributed by atoms with E-state index in [4.69, 9.17) is 23.2 Å². The average Bonchev–Trinajstić information content (AvgIpc) is 2.71. The van der Waals surface area contributed by atoms with Crippen molar-refractivity contribution in [2.45, 2.75) is 0 Å². The van der Waals surface area contributed by atoms with Crippen LogP contribution in [-0.4, -0.2) is 9.38 Å². The fourth-order valence-electron chi connectivity index (χ4n) is 1.81. The molecule has 2 aromatic heterocycles. The summed E-state index contributed by atoms with van der Waals surface area (Å²) in [5.74, 6) is 0.860. The number of halogens is 2. The standard InChI is InChI=1S/C13H8Cl2N2/c14-10-3-1-2-9(6-10)13-16-8-12-7-11(15)4-5-17(12)13/h1-8H. The predicted molar refractivity (Wildman–Crippen MR) is 70.6 cm³/mol. The van der Waals surface area contributed by atoms with E-state index in [-0.39, 0.29) is 0 Å². The van der Waals surface area contributed by atoms with Gasteiger partial charge in [-0.2, -0.15) is 0 Å². The molecule has 0 unspecified atom stereocenters. The Labute approximate surface area is 108 Å². The molecular weight excluding hydrogens is 255 g/mol. The SMILES string of the molecule is Clc1cccc(-c2ncc3cc(Cl)ccn23)c1. The van der Waals surface area contributed by atoms with Crippen LogP contribution in [0.15, 0.2) is 48.8 Å². The van der Waals surface area contributed by atoms with Crippen molar-refractivity contribution >= 4 is 28.7 Å². The molecule has 0 atom stereocenters. The van der Waals surface area contributed by atoms with E-state index in [1.165, 1.54) is 0 Å². The van der Waals surface area contributed by atoms with Crippen LogP contribution in [0.1, 0.15) is 0 Å². The minimum Gasteiger partial charge on any atom is -0.300 e. The van der Waals surface area contributed by atoms with Gasteiger partial charge in [0.2, 0.25) is 0 Å². The summed E-state index contributed by atoms with van der Waals surface area (Å²) in [6.07, 6.45) is 3.70. The van der Waals surface area contributed by atoms with E-state index < -0.39 is 0 Å². The predicted octanol–water partition coefficient (Wildman–Crippen LogP) is 4.31. The van der Waals surface area contributed by atoms with Gasteiger partial charge in [0.1, 0.15) is 5.82 Å². The monoisotopic (exact) mass is 262 g/mol. The highest BCUT2D eigenvalue weighted by atomic mass is 35.5. The third-order valence-electron chi connectivity index (χ3n) is 2.58. The van der Waals surface area contributed by atoms with E-state index in [1.54, 1.807) is 6.20 Å². The van der Waals surface area contributed by atoms with Gasteiger partial charge in [-0.15, -0.1) is 0 Å². The summed E-state index contributed by atoms with van der Waals surface area (Å²) in [7, 11) is 0. The van der Waals surface area contributed by atoms with Gasteiger partial charge >= 0.3 is 0 Å². The lowest BCUT2D eigenvalue weighted by Crippen LogP contribution is -1.88. The summed E-state index contributed by atoms with van der Waals surface area (Å²) in [5, 5.41) is 1.41. The van der Waals surface area contributed by atoms with E-state index in [2.05, 4.69) is 4.98 Å². The first kappa shape index (κ1) is 10.6. The number of imidazole rings is 1. The normalized spacial score (nSPS) is 10.9. The number of pyridine rings is 1. The Morgan fingerprint density at radius 2 is 1.82 bits per heavy atom. The van der Waals surface area contributed by atoms with Crippen molar-refractivity contribution in [2.24, 2.45) is 0 Å². The van der Waals surface area contributed by atoms with Crippen LogP contribution in [0, 0.1) is 0 Å². The maximum absolute atomic E-state index is 5.98. The van der Waals surface area contributed by atoms with Crippen molar-refractivity contribution < 1.29 is 0 Å². The van der Waals surface area contributed by atoms with Gasteiger partial charge in [0, 0.05) is 21.8 Å². The zero-order valence-electron chi connectivity index (χ0n) is 8.77. The highest BCUT2D eigenvalue weighted by molar-refractivity contribution is 6.31. The molecule has 0 aliphatic heterocycles. The fourth-order valence-corrected chi connectivity index (χ4v) is 2.17. The van der Waals surface area contributed by atoms with E-state index >= 15 is 0 Å². The molecule has 3 rings (SSSR count). The van der Waals surface area contributed by atoms with Gasteiger partial charge in [0.15, 0.2) is 0 Å². The maximum atomic E-state index is 5.98. The first-order chi connectivity index (χ1) is 8.24. The first-order valence-corrected chi connectivity index (χ1v) is 5.88. The largest absolute Gasteiger partial charge is 0.300 e. The van der Waals surface area contributed by atoms with Gasteiger partial charge < -0.3 is 0 Å². The van der Waals surface area contributed by atoms with Gasteiger partial charge in [0.25, 0.3) is 0 Å². The number of aromatic nitrogens is 2. The number of rotatable bonds is 1. The number of fused-ring (bicyclic) bond motifs is 1. The molecule has 0 saturated carbocycles. The van der Waals surface area contributed by atoms with E-state index in [0.29, 0.717) is 10.0 Å². The van der Waals surface area contributed by atoms with Crippen molar-refractivity contribution in [3.63, 3.8) is 0 Å². The van der Waals surface area contributed by atoms with Gasteiger partial charge in [-0.1, -0.05) is 35.3 Å². The summed E-state index contributed by atoms with van der Waals surface area (Å²) in [5.41, 5.74) is 1.95. The van der Waals surface area contributed by atoms with Crippen LogP contribution in [0.25, 0.3) is 16.9 Å². The third-order valence-corrected chi connectivity index (χ3v) is 3.05. The molecule has 2 heterocycles. The molecule has 0 saturated heterocycles. The van der Waals surface area contributed by atoms with Crippen LogP contribution in [-0.2, 0) is 0 Å². The van der Waals surface area contributed by atoms with Crippen molar-refractivity contribution in [1.82, 2.24) is 9.38 Å². The van der Waals surface area contributed by atoms with E-state index in [1.807, 2.05) is 47.0 Å². The molecular formula is C13H8Cl2N2. The fraction of sp³-hybridized carbons (Fsp3) is 0. The first-order valence-electron chi connectivity index (χ1n) is 5.12. The van der Waals surface area contributed by atoms with Crippen LogP contribution in [0.5, 0.6) is 0 Å². The molecule has 0 aliphatic carbocycles. The second-order valence-corrected chi connectivity index (χ2v) is 4.60. The van der Waals surface area contributed by atoms with Crippen LogP contribution in [0.2, 0.25) is 10.0 Å². The number of benzene rings is 1. The zero-order valence-corrected chi connectivity index (χ0v) is 10.3. The number of hydrogen-bond acceptors (Lipinski definition) is 1. The Morgan fingerprint density at radius 3 is 2.65 bits per heavy atom. The highest BCUT2D eigenvalue weighted by Crippen LogP contribution is 2.23. The smallest absolute Gasteiger partial charge is 0.144 e. The molecule has 0 N–H and O–H groups in total. The minimum atomic E-state index is 0.702. The maximum Gasteiger partial charge on any atom is 0.144 e. The van der Waals surface area contributed by atoms with E-state index in [0.717, 1.165) is 16.9 Å². The molecule has 84 valence electrons. The second kappa shape index (κ2) is 4.06. The summed E-state index contributed by atoms with van der Waals surface area (Å²) in [4.78, 5) is 4.39. The Morgan fingerprint density at radius 1 is 1.00 bits per heavy atom. The topological polar surface area (TPSA) is 17.3 Å². The average molecular weight is 263 g/mol. The van der Waals surface area contributed by atoms with Crippen LogP contribution < -0.4 is 0 Å². The van der Waals surface area contributed by atoms with Crippen molar-refractivity contribution in [2.75, 3.05) is 0 Å². The third kappa shape index (κ3) is 1.90. The molecule has 3 aromatic rings. The van der Waals surface area contributed by atoms with Gasteiger partial charge in [-0.3, -0.25) is 4.40 Å². The van der Waals surface area contributed by atoms with Gasteiger partial charge in [-0.25, -0.2) is 4.98 Å². The summed E-state index contributed by atoms with van der Waals surface area (Å²) < 4.78 is 1.98. The van der Waals surface area contributed by atoms with Crippen molar-refractivity contribution in [3.05, 3.63) is 58.8 Å². The molecule has 0 aliphatic rings. The lowest BCUT2D eigenvalue weighted by atomic mass is 10.2. The Hall–Kier alpha value is -1.51. The number of nitrogens with zero attached hydrogens (tertiary/aromatic N) is 2. The summed E-state index contributed by atoms with van der Waals surface area (Å²) >= 11 is 11.9. The highest BCUT2D eigenvalue weighted by Gasteiger charge is 2.06. The van der Waals surface area contributed by atoms with Crippen molar-refractivity contribution in [3.8, 4) is 11.4 Å². The van der Waals surface area contributed by atoms with Crippen LogP contribution in [0.4, 0.5) is 0 Å². The molecule has 0 bridgehead atoms. The van der Waals surface area contributed by atoms with Crippen LogP contribution >= 0.6 is 23.2 Å². The Balaban J connectivity index is 2.24.